The Morgan fingerprint density at radius 2 is 2.08 bits per heavy atom. The summed E-state index contributed by atoms with van der Waals surface area (Å²) in [6, 6.07) is 7.08. The number of primary amides is 1. The first-order chi connectivity index (χ1) is 12.4. The average molecular weight is 452 g/mol. The Labute approximate surface area is 169 Å². The number of nitrogens with two attached hydrogens (primary N) is 1. The van der Waals surface area contributed by atoms with Gasteiger partial charge in [0.25, 0.3) is 11.8 Å². The molecule has 0 aliphatic heterocycles. The number of benzene rings is 1. The van der Waals surface area contributed by atoms with Crippen LogP contribution in [0.25, 0.3) is 0 Å². The summed E-state index contributed by atoms with van der Waals surface area (Å²) in [7, 11) is 0. The number of thiophene rings is 1. The molecule has 0 spiro atoms. The second-order valence-corrected chi connectivity index (χ2v) is 8.68. The molecule has 1 aliphatic carbocycles. The van der Waals surface area contributed by atoms with Crippen molar-refractivity contribution in [2.45, 2.75) is 26.2 Å². The minimum Gasteiger partial charge on any atom is -0.365 e. The average Bonchev–Trinajstić information content (AvgIpc) is 2.91. The minimum absolute atomic E-state index is 0.139. The molecule has 0 saturated carbocycles. The Balaban J connectivity index is 1.78. The molecule has 0 fully saturated rings. The van der Waals surface area contributed by atoms with E-state index in [9.17, 15) is 9.59 Å². The van der Waals surface area contributed by atoms with Gasteiger partial charge < -0.3 is 11.1 Å². The fourth-order valence-electron chi connectivity index (χ4n) is 3.05. The molecule has 136 valence electrons. The topological polar surface area (TPSA) is 84.2 Å². The molecule has 4 N–H and O–H groups in total. The standard InChI is InChI=1S/C18H18BrN3O2S2/c1-9-6-7-11-13(8-9)26-17(14(11)15(20)23)22-18(25)21-16(24)10-4-2-3-5-12(10)19/h2-5,9H,6-8H2,1H3,(H2,20,23)(H2,21,22,24,25)/t9-/m0/s1. The predicted molar refractivity (Wildman–Crippen MR) is 112 cm³/mol. The van der Waals surface area contributed by atoms with Crippen LogP contribution in [-0.4, -0.2) is 16.9 Å². The summed E-state index contributed by atoms with van der Waals surface area (Å²) in [6.45, 7) is 2.20. The number of halogens is 1. The zero-order valence-electron chi connectivity index (χ0n) is 14.1. The van der Waals surface area contributed by atoms with Gasteiger partial charge in [-0.1, -0.05) is 19.1 Å². The lowest BCUT2D eigenvalue weighted by molar-refractivity contribution is 0.0974. The molecule has 1 aliphatic rings. The summed E-state index contributed by atoms with van der Waals surface area (Å²) in [5.74, 6) is -0.221. The van der Waals surface area contributed by atoms with E-state index in [4.69, 9.17) is 18.0 Å². The largest absolute Gasteiger partial charge is 0.365 e. The lowest BCUT2D eigenvalue weighted by Gasteiger charge is -2.18. The van der Waals surface area contributed by atoms with Gasteiger partial charge >= 0.3 is 0 Å². The number of carbonyl (C=O) groups excluding carboxylic acids is 2. The monoisotopic (exact) mass is 451 g/mol. The summed E-state index contributed by atoms with van der Waals surface area (Å²) in [5.41, 5.74) is 7.59. The van der Waals surface area contributed by atoms with Gasteiger partial charge in [-0.05, 0) is 71.0 Å². The molecule has 8 heteroatoms. The van der Waals surface area contributed by atoms with Crippen molar-refractivity contribution in [1.82, 2.24) is 5.32 Å². The first-order valence-corrected chi connectivity index (χ1v) is 10.2. The molecule has 0 radical (unpaired) electrons. The van der Waals surface area contributed by atoms with Crippen molar-refractivity contribution >= 4 is 61.4 Å². The molecule has 1 aromatic carbocycles. The first-order valence-electron chi connectivity index (χ1n) is 8.18. The Morgan fingerprint density at radius 1 is 1.35 bits per heavy atom. The second-order valence-electron chi connectivity index (χ2n) is 6.31. The highest BCUT2D eigenvalue weighted by Crippen LogP contribution is 2.39. The molecule has 1 heterocycles. The molecule has 5 nitrogen and oxygen atoms in total. The summed E-state index contributed by atoms with van der Waals surface area (Å²) < 4.78 is 0.679. The fourth-order valence-corrected chi connectivity index (χ4v) is 5.19. The van der Waals surface area contributed by atoms with Crippen LogP contribution in [0.5, 0.6) is 0 Å². The van der Waals surface area contributed by atoms with Gasteiger partial charge in [0.15, 0.2) is 5.11 Å². The molecule has 26 heavy (non-hydrogen) atoms. The first kappa shape index (κ1) is 19.0. The van der Waals surface area contributed by atoms with Gasteiger partial charge in [-0.15, -0.1) is 11.3 Å². The number of thiocarbonyl (C=S) groups is 1. The van der Waals surface area contributed by atoms with Crippen LogP contribution in [0.4, 0.5) is 5.00 Å². The van der Waals surface area contributed by atoms with Gasteiger partial charge in [0.1, 0.15) is 5.00 Å². The SMILES string of the molecule is C[C@H]1CCc2c(sc(NC(=S)NC(=O)c3ccccc3Br)c2C(N)=O)C1. The van der Waals surface area contributed by atoms with Crippen LogP contribution >= 0.6 is 39.5 Å². The van der Waals surface area contributed by atoms with E-state index >= 15 is 0 Å². The van der Waals surface area contributed by atoms with Crippen LogP contribution < -0.4 is 16.4 Å². The highest BCUT2D eigenvalue weighted by molar-refractivity contribution is 9.10. The van der Waals surface area contributed by atoms with Crippen LogP contribution in [0.1, 0.15) is 44.5 Å². The van der Waals surface area contributed by atoms with Crippen molar-refractivity contribution in [3.8, 4) is 0 Å². The Hall–Kier alpha value is -1.77. The number of nitrogens with one attached hydrogen (secondary N) is 2. The number of carbonyl (C=O) groups is 2. The van der Waals surface area contributed by atoms with Crippen molar-refractivity contribution in [3.63, 3.8) is 0 Å². The normalized spacial score (nSPS) is 15.8. The van der Waals surface area contributed by atoms with E-state index in [-0.39, 0.29) is 11.0 Å². The summed E-state index contributed by atoms with van der Waals surface area (Å²) in [6.07, 6.45) is 2.80. The lowest BCUT2D eigenvalue weighted by Crippen LogP contribution is -2.34. The molecular weight excluding hydrogens is 434 g/mol. The maximum absolute atomic E-state index is 12.4. The van der Waals surface area contributed by atoms with E-state index in [0.29, 0.717) is 26.5 Å². The molecule has 3 rings (SSSR count). The zero-order chi connectivity index (χ0) is 18.8. The van der Waals surface area contributed by atoms with Crippen molar-refractivity contribution < 1.29 is 9.59 Å². The minimum atomic E-state index is -0.473. The molecule has 0 bridgehead atoms. The summed E-state index contributed by atoms with van der Waals surface area (Å²) in [5, 5.41) is 6.38. The Kier molecular flexibility index (Phi) is 5.74. The Bertz CT molecular complexity index is 895. The number of rotatable bonds is 3. The molecule has 1 atom stereocenters. The molecule has 2 aromatic rings. The van der Waals surface area contributed by atoms with Gasteiger partial charge in [-0.2, -0.15) is 0 Å². The highest BCUT2D eigenvalue weighted by Gasteiger charge is 2.27. The number of fused-ring (bicyclic) bond motifs is 1. The maximum Gasteiger partial charge on any atom is 0.258 e. The summed E-state index contributed by atoms with van der Waals surface area (Å²) >= 11 is 10.1. The number of amides is 2. The third-order valence-corrected chi connectivity index (χ3v) is 6.40. The van der Waals surface area contributed by atoms with E-state index in [2.05, 4.69) is 33.5 Å². The third kappa shape index (κ3) is 3.97. The van der Waals surface area contributed by atoms with Crippen LogP contribution in [0.3, 0.4) is 0 Å². The van der Waals surface area contributed by atoms with Crippen LogP contribution in [-0.2, 0) is 12.8 Å². The molecule has 1 aromatic heterocycles. The molecule has 0 saturated heterocycles. The van der Waals surface area contributed by atoms with E-state index in [1.807, 2.05) is 6.07 Å². The number of anilines is 1. The maximum atomic E-state index is 12.4. The quantitative estimate of drug-likeness (QED) is 0.618. The number of hydrogen-bond acceptors (Lipinski definition) is 4. The Morgan fingerprint density at radius 3 is 2.77 bits per heavy atom. The number of hydrogen-bond donors (Lipinski definition) is 3. The van der Waals surface area contributed by atoms with E-state index in [1.165, 1.54) is 16.2 Å². The van der Waals surface area contributed by atoms with Crippen molar-refractivity contribution in [3.05, 3.63) is 50.3 Å². The zero-order valence-corrected chi connectivity index (χ0v) is 17.3. The van der Waals surface area contributed by atoms with Crippen molar-refractivity contribution in [1.29, 1.82) is 0 Å². The van der Waals surface area contributed by atoms with E-state index < -0.39 is 5.91 Å². The van der Waals surface area contributed by atoms with Gasteiger partial charge in [0.2, 0.25) is 0 Å². The summed E-state index contributed by atoms with van der Waals surface area (Å²) in [4.78, 5) is 25.5. The van der Waals surface area contributed by atoms with Crippen LogP contribution in [0.15, 0.2) is 28.7 Å². The molecule has 2 amide bonds. The lowest BCUT2D eigenvalue weighted by atomic mass is 9.88. The van der Waals surface area contributed by atoms with E-state index in [0.717, 1.165) is 24.8 Å². The van der Waals surface area contributed by atoms with Gasteiger partial charge in [-0.25, -0.2) is 0 Å². The van der Waals surface area contributed by atoms with Gasteiger partial charge in [0, 0.05) is 9.35 Å². The van der Waals surface area contributed by atoms with Crippen molar-refractivity contribution in [2.75, 3.05) is 5.32 Å². The fraction of sp³-hybridized carbons (Fsp3) is 0.278. The predicted octanol–water partition coefficient (Wildman–Crippen LogP) is 3.86. The highest BCUT2D eigenvalue weighted by atomic mass is 79.9. The van der Waals surface area contributed by atoms with Crippen LogP contribution in [0, 0.1) is 5.92 Å². The van der Waals surface area contributed by atoms with E-state index in [1.54, 1.807) is 18.2 Å². The molecular formula is C18H18BrN3O2S2. The van der Waals surface area contributed by atoms with Crippen molar-refractivity contribution in [2.24, 2.45) is 11.7 Å². The molecule has 0 unspecified atom stereocenters. The second kappa shape index (κ2) is 7.85. The van der Waals surface area contributed by atoms with Gasteiger partial charge in [-0.3, -0.25) is 14.9 Å². The third-order valence-electron chi connectivity index (χ3n) is 4.33. The smallest absolute Gasteiger partial charge is 0.258 e. The van der Waals surface area contributed by atoms with Gasteiger partial charge in [0.05, 0.1) is 11.1 Å². The van der Waals surface area contributed by atoms with Crippen LogP contribution in [0.2, 0.25) is 0 Å².